The highest BCUT2D eigenvalue weighted by Gasteiger charge is 2.29. The maximum absolute atomic E-state index is 12.8. The van der Waals surface area contributed by atoms with Crippen molar-refractivity contribution in [2.24, 2.45) is 5.92 Å². The highest BCUT2D eigenvalue weighted by atomic mass is 16.7. The largest absolute Gasteiger partial charge is 0.454 e. The maximum atomic E-state index is 12.8. The smallest absolute Gasteiger partial charge is 0.231 e. The number of fused-ring (bicyclic) bond motifs is 1. The monoisotopic (exact) mass is 332 g/mol. The number of benzene rings is 1. The van der Waals surface area contributed by atoms with E-state index >= 15 is 0 Å². The van der Waals surface area contributed by atoms with Crippen LogP contribution in [-0.4, -0.2) is 48.0 Å². The van der Waals surface area contributed by atoms with Crippen molar-refractivity contribution < 1.29 is 19.1 Å². The summed E-state index contributed by atoms with van der Waals surface area (Å²) < 4.78 is 10.7. The van der Waals surface area contributed by atoms with E-state index in [1.165, 1.54) is 0 Å². The minimum absolute atomic E-state index is 0.00885. The van der Waals surface area contributed by atoms with Crippen molar-refractivity contribution in [1.29, 1.82) is 0 Å². The van der Waals surface area contributed by atoms with E-state index in [0.29, 0.717) is 26.2 Å². The lowest BCUT2D eigenvalue weighted by Crippen LogP contribution is -2.43. The molecule has 0 radical (unpaired) electrons. The molecule has 0 saturated carbocycles. The van der Waals surface area contributed by atoms with Gasteiger partial charge in [-0.2, -0.15) is 0 Å². The minimum Gasteiger partial charge on any atom is -0.454 e. The lowest BCUT2D eigenvalue weighted by molar-refractivity contribution is -0.140. The van der Waals surface area contributed by atoms with Gasteiger partial charge in [0.2, 0.25) is 18.6 Å². The van der Waals surface area contributed by atoms with E-state index in [1.54, 1.807) is 6.92 Å². The molecule has 24 heavy (non-hydrogen) atoms. The zero-order valence-corrected chi connectivity index (χ0v) is 14.3. The molecule has 0 aromatic heterocycles. The first-order valence-corrected chi connectivity index (χ1v) is 8.51. The molecule has 2 aliphatic rings. The number of carbonyl (C=O) groups excluding carboxylic acids is 2. The molecular weight excluding hydrogens is 308 g/mol. The number of nitrogens with zero attached hydrogens (tertiary/aromatic N) is 2. The zero-order chi connectivity index (χ0) is 17.1. The predicted molar refractivity (Wildman–Crippen MR) is 88.6 cm³/mol. The third-order valence-electron chi connectivity index (χ3n) is 4.79. The van der Waals surface area contributed by atoms with Gasteiger partial charge in [-0.05, 0) is 37.5 Å². The Labute approximate surface area is 142 Å². The van der Waals surface area contributed by atoms with Gasteiger partial charge in [-0.25, -0.2) is 0 Å². The predicted octanol–water partition coefficient (Wildman–Crippen LogP) is 2.02. The van der Waals surface area contributed by atoms with Crippen molar-refractivity contribution in [2.45, 2.75) is 33.2 Å². The summed E-state index contributed by atoms with van der Waals surface area (Å²) >= 11 is 0. The fourth-order valence-electron chi connectivity index (χ4n) is 3.30. The third kappa shape index (κ3) is 3.47. The van der Waals surface area contributed by atoms with Crippen molar-refractivity contribution >= 4 is 11.8 Å². The molecule has 2 aliphatic heterocycles. The van der Waals surface area contributed by atoms with Crippen LogP contribution in [-0.2, 0) is 16.1 Å². The summed E-state index contributed by atoms with van der Waals surface area (Å²) in [6, 6.07) is 5.81. The Bertz CT molecular complexity index is 623. The summed E-state index contributed by atoms with van der Waals surface area (Å²) in [5.74, 6) is 1.78. The number of hydrogen-bond donors (Lipinski definition) is 0. The van der Waals surface area contributed by atoms with E-state index in [2.05, 4.69) is 0 Å². The zero-order valence-electron chi connectivity index (χ0n) is 14.3. The molecule has 1 aromatic rings. The fourth-order valence-corrected chi connectivity index (χ4v) is 3.30. The standard InChI is InChI=1S/C18H24N2O4/c1-3-19(11-14-4-5-16-17(10-14)24-12-23-16)18(22)15-6-8-20(9-7-15)13(2)21/h4-5,10,15H,3,6-9,11-12H2,1-2H3. The van der Waals surface area contributed by atoms with Crippen LogP contribution in [0.1, 0.15) is 32.3 Å². The van der Waals surface area contributed by atoms with Gasteiger partial charge in [-0.1, -0.05) is 6.07 Å². The van der Waals surface area contributed by atoms with Crippen molar-refractivity contribution in [2.75, 3.05) is 26.4 Å². The second-order valence-corrected chi connectivity index (χ2v) is 6.32. The summed E-state index contributed by atoms with van der Waals surface area (Å²) in [6.07, 6.45) is 1.49. The molecule has 2 heterocycles. The molecule has 0 spiro atoms. The Kier molecular flexibility index (Phi) is 4.92. The Morgan fingerprint density at radius 3 is 2.58 bits per heavy atom. The van der Waals surface area contributed by atoms with E-state index in [4.69, 9.17) is 9.47 Å². The highest BCUT2D eigenvalue weighted by molar-refractivity contribution is 5.79. The molecule has 0 bridgehead atoms. The van der Waals surface area contributed by atoms with Gasteiger partial charge in [0.25, 0.3) is 0 Å². The third-order valence-corrected chi connectivity index (χ3v) is 4.79. The van der Waals surface area contributed by atoms with Crippen molar-refractivity contribution in [1.82, 2.24) is 9.80 Å². The lowest BCUT2D eigenvalue weighted by atomic mass is 9.95. The van der Waals surface area contributed by atoms with Gasteiger partial charge in [-0.3, -0.25) is 9.59 Å². The van der Waals surface area contributed by atoms with Crippen molar-refractivity contribution in [3.63, 3.8) is 0 Å². The normalized spacial score (nSPS) is 17.0. The number of likely N-dealkylation sites (tertiary alicyclic amines) is 1. The number of rotatable bonds is 4. The van der Waals surface area contributed by atoms with Crippen LogP contribution in [0.4, 0.5) is 0 Å². The Hall–Kier alpha value is -2.24. The fraction of sp³-hybridized carbons (Fsp3) is 0.556. The van der Waals surface area contributed by atoms with Gasteiger partial charge in [0.05, 0.1) is 0 Å². The number of ether oxygens (including phenoxy) is 2. The summed E-state index contributed by atoms with van der Waals surface area (Å²) in [6.45, 7) is 6.42. The molecule has 6 nitrogen and oxygen atoms in total. The molecule has 0 atom stereocenters. The Morgan fingerprint density at radius 1 is 1.21 bits per heavy atom. The minimum atomic E-state index is 0.00885. The van der Waals surface area contributed by atoms with E-state index in [-0.39, 0.29) is 24.5 Å². The summed E-state index contributed by atoms with van der Waals surface area (Å²) in [4.78, 5) is 27.9. The molecule has 3 rings (SSSR count). The van der Waals surface area contributed by atoms with E-state index in [9.17, 15) is 9.59 Å². The summed E-state index contributed by atoms with van der Waals surface area (Å²) in [7, 11) is 0. The van der Waals surface area contributed by atoms with Crippen LogP contribution < -0.4 is 9.47 Å². The van der Waals surface area contributed by atoms with E-state index < -0.39 is 0 Å². The number of amides is 2. The van der Waals surface area contributed by atoms with E-state index in [1.807, 2.05) is 34.9 Å². The lowest BCUT2D eigenvalue weighted by Gasteiger charge is -2.33. The Balaban J connectivity index is 1.61. The van der Waals surface area contributed by atoms with Gasteiger partial charge >= 0.3 is 0 Å². The average molecular weight is 332 g/mol. The first kappa shape index (κ1) is 16.6. The van der Waals surface area contributed by atoms with Crippen molar-refractivity contribution in [3.8, 4) is 11.5 Å². The molecule has 1 saturated heterocycles. The number of hydrogen-bond acceptors (Lipinski definition) is 4. The van der Waals surface area contributed by atoms with Gasteiger partial charge in [-0.15, -0.1) is 0 Å². The van der Waals surface area contributed by atoms with Gasteiger partial charge in [0.15, 0.2) is 11.5 Å². The van der Waals surface area contributed by atoms with Crippen LogP contribution in [0.25, 0.3) is 0 Å². The molecular formula is C18H24N2O4. The number of piperidine rings is 1. The second kappa shape index (κ2) is 7.11. The topological polar surface area (TPSA) is 59.1 Å². The van der Waals surface area contributed by atoms with Gasteiger partial charge in [0, 0.05) is 39.0 Å². The summed E-state index contributed by atoms with van der Waals surface area (Å²) in [5.41, 5.74) is 1.04. The van der Waals surface area contributed by atoms with Crippen LogP contribution >= 0.6 is 0 Å². The van der Waals surface area contributed by atoms with Crippen LogP contribution in [0, 0.1) is 5.92 Å². The molecule has 0 unspecified atom stereocenters. The Morgan fingerprint density at radius 2 is 1.92 bits per heavy atom. The van der Waals surface area contributed by atoms with E-state index in [0.717, 1.165) is 29.9 Å². The molecule has 0 N–H and O–H groups in total. The molecule has 0 aliphatic carbocycles. The summed E-state index contributed by atoms with van der Waals surface area (Å²) in [5, 5.41) is 0. The molecule has 2 amide bonds. The first-order valence-electron chi connectivity index (χ1n) is 8.51. The molecule has 1 fully saturated rings. The van der Waals surface area contributed by atoms with Gasteiger partial charge < -0.3 is 19.3 Å². The SMILES string of the molecule is CCN(Cc1ccc2c(c1)OCO2)C(=O)C1CCN(C(C)=O)CC1. The van der Waals surface area contributed by atoms with Crippen LogP contribution in [0.3, 0.4) is 0 Å². The van der Waals surface area contributed by atoms with Crippen LogP contribution in [0.2, 0.25) is 0 Å². The quantitative estimate of drug-likeness (QED) is 0.846. The average Bonchev–Trinajstić information content (AvgIpc) is 3.07. The first-order chi connectivity index (χ1) is 11.6. The maximum Gasteiger partial charge on any atom is 0.231 e. The van der Waals surface area contributed by atoms with Gasteiger partial charge in [0.1, 0.15) is 0 Å². The number of carbonyl (C=O) groups is 2. The molecule has 1 aromatic carbocycles. The van der Waals surface area contributed by atoms with Crippen LogP contribution in [0.15, 0.2) is 18.2 Å². The molecule has 130 valence electrons. The highest BCUT2D eigenvalue weighted by Crippen LogP contribution is 2.33. The second-order valence-electron chi connectivity index (χ2n) is 6.32. The van der Waals surface area contributed by atoms with Crippen molar-refractivity contribution in [3.05, 3.63) is 23.8 Å². The molecule has 6 heteroatoms. The van der Waals surface area contributed by atoms with Crippen LogP contribution in [0.5, 0.6) is 11.5 Å².